The zero-order chi connectivity index (χ0) is 15.2. The molecule has 2 N–H and O–H groups in total. The highest BCUT2D eigenvalue weighted by Crippen LogP contribution is 2.43. The summed E-state index contributed by atoms with van der Waals surface area (Å²) in [5.41, 5.74) is 5.70. The topological polar surface area (TPSA) is 38.9 Å². The van der Waals surface area contributed by atoms with Crippen LogP contribution in [0.1, 0.15) is 40.5 Å². The van der Waals surface area contributed by atoms with Gasteiger partial charge in [-0.3, -0.25) is 0 Å². The molecule has 1 atom stereocenters. The van der Waals surface area contributed by atoms with Gasteiger partial charge in [-0.05, 0) is 43.0 Å². The lowest BCUT2D eigenvalue weighted by Crippen LogP contribution is -2.13. The summed E-state index contributed by atoms with van der Waals surface area (Å²) >= 11 is 1.23. The molecule has 0 spiro atoms. The molecule has 3 rings (SSSR count). The Morgan fingerprint density at radius 1 is 1.29 bits per heavy atom. The first-order valence-electron chi connectivity index (χ1n) is 6.48. The van der Waals surface area contributed by atoms with E-state index in [1.54, 1.807) is 0 Å². The minimum atomic E-state index is -4.48. The van der Waals surface area contributed by atoms with E-state index in [-0.39, 0.29) is 5.56 Å². The Bertz CT molecular complexity index is 678. The second-order valence-electron chi connectivity index (χ2n) is 5.04. The largest absolute Gasteiger partial charge is 0.416 e. The first-order valence-corrected chi connectivity index (χ1v) is 7.29. The summed E-state index contributed by atoms with van der Waals surface area (Å²) in [6.07, 6.45) is -2.38. The Labute approximate surface area is 122 Å². The normalized spacial score (nSPS) is 18.6. The number of aryl methyl sites for hydroxylation is 1. The van der Waals surface area contributed by atoms with Crippen LogP contribution in [0, 0.1) is 5.82 Å². The summed E-state index contributed by atoms with van der Waals surface area (Å²) < 4.78 is 52.5. The number of nitrogens with two attached hydrogens (primary N) is 1. The highest BCUT2D eigenvalue weighted by Gasteiger charge is 2.33. The number of nitrogen functional groups attached to an aromatic ring is 1. The predicted molar refractivity (Wildman–Crippen MR) is 72.7 cm³/mol. The van der Waals surface area contributed by atoms with Crippen LogP contribution in [0.3, 0.4) is 0 Å². The van der Waals surface area contributed by atoms with Crippen molar-refractivity contribution in [2.24, 2.45) is 0 Å². The van der Waals surface area contributed by atoms with Crippen LogP contribution in [0.2, 0.25) is 0 Å². The van der Waals surface area contributed by atoms with Crippen molar-refractivity contribution in [3.63, 3.8) is 0 Å². The van der Waals surface area contributed by atoms with Crippen LogP contribution < -0.4 is 5.73 Å². The zero-order valence-electron chi connectivity index (χ0n) is 10.9. The van der Waals surface area contributed by atoms with Crippen LogP contribution in [0.4, 0.5) is 22.7 Å². The van der Waals surface area contributed by atoms with Gasteiger partial charge in [0, 0.05) is 10.8 Å². The molecule has 21 heavy (non-hydrogen) atoms. The first-order chi connectivity index (χ1) is 9.86. The van der Waals surface area contributed by atoms with Gasteiger partial charge in [0.25, 0.3) is 0 Å². The summed E-state index contributed by atoms with van der Waals surface area (Å²) in [7, 11) is 0. The van der Waals surface area contributed by atoms with Crippen molar-refractivity contribution in [1.82, 2.24) is 4.98 Å². The smallest absolute Gasteiger partial charge is 0.375 e. The van der Waals surface area contributed by atoms with E-state index >= 15 is 0 Å². The maximum Gasteiger partial charge on any atom is 0.416 e. The van der Waals surface area contributed by atoms with Crippen molar-refractivity contribution < 1.29 is 17.6 Å². The average molecular weight is 316 g/mol. The molecule has 2 nitrogen and oxygen atoms in total. The van der Waals surface area contributed by atoms with E-state index in [4.69, 9.17) is 5.73 Å². The molecule has 0 amide bonds. The number of thiazole rings is 1. The summed E-state index contributed by atoms with van der Waals surface area (Å²) in [5.74, 6) is -1.02. The van der Waals surface area contributed by atoms with E-state index in [2.05, 4.69) is 4.98 Å². The molecule has 7 heteroatoms. The van der Waals surface area contributed by atoms with E-state index in [1.165, 1.54) is 11.3 Å². The van der Waals surface area contributed by atoms with Gasteiger partial charge < -0.3 is 5.73 Å². The van der Waals surface area contributed by atoms with Gasteiger partial charge in [0.15, 0.2) is 5.13 Å². The molecule has 112 valence electrons. The highest BCUT2D eigenvalue weighted by molar-refractivity contribution is 7.15. The number of benzene rings is 1. The van der Waals surface area contributed by atoms with Gasteiger partial charge in [0.2, 0.25) is 0 Å². The first kappa shape index (κ1) is 14.3. The fourth-order valence-electron chi connectivity index (χ4n) is 2.72. The van der Waals surface area contributed by atoms with E-state index < -0.39 is 23.5 Å². The number of rotatable bonds is 1. The van der Waals surface area contributed by atoms with Crippen molar-refractivity contribution in [2.45, 2.75) is 31.4 Å². The standard InChI is InChI=1S/C14H12F4N2S/c15-10-5-4-7(14(16,17)18)6-9(10)8-2-1-3-11-12(8)21-13(19)20-11/h4-6,8H,1-3H2,(H2,19,20). The third-order valence-electron chi connectivity index (χ3n) is 3.67. The molecule has 0 saturated carbocycles. The van der Waals surface area contributed by atoms with Crippen molar-refractivity contribution in [3.05, 3.63) is 45.7 Å². The minimum Gasteiger partial charge on any atom is -0.375 e. The Balaban J connectivity index is 2.09. The van der Waals surface area contributed by atoms with Crippen LogP contribution in [0.25, 0.3) is 0 Å². The maximum atomic E-state index is 14.0. The second kappa shape index (κ2) is 4.98. The van der Waals surface area contributed by atoms with Crippen molar-refractivity contribution in [3.8, 4) is 0 Å². The van der Waals surface area contributed by atoms with Crippen LogP contribution in [-0.4, -0.2) is 4.98 Å². The van der Waals surface area contributed by atoms with Crippen molar-refractivity contribution in [2.75, 3.05) is 5.73 Å². The highest BCUT2D eigenvalue weighted by atomic mass is 32.1. The Morgan fingerprint density at radius 3 is 2.76 bits per heavy atom. The molecule has 0 radical (unpaired) electrons. The minimum absolute atomic E-state index is 0.0782. The molecular weight excluding hydrogens is 304 g/mol. The molecule has 1 heterocycles. The molecule has 1 unspecified atom stereocenters. The van der Waals surface area contributed by atoms with Crippen LogP contribution >= 0.6 is 11.3 Å². The monoisotopic (exact) mass is 316 g/mol. The molecule has 1 aromatic carbocycles. The van der Waals surface area contributed by atoms with Gasteiger partial charge in [-0.25, -0.2) is 9.37 Å². The van der Waals surface area contributed by atoms with Gasteiger partial charge >= 0.3 is 6.18 Å². The number of hydrogen-bond acceptors (Lipinski definition) is 3. The van der Waals surface area contributed by atoms with Gasteiger partial charge in [0.05, 0.1) is 11.3 Å². The Kier molecular flexibility index (Phi) is 3.39. The van der Waals surface area contributed by atoms with Gasteiger partial charge in [-0.2, -0.15) is 13.2 Å². The number of aromatic nitrogens is 1. The number of anilines is 1. The summed E-state index contributed by atoms with van der Waals surface area (Å²) in [6.45, 7) is 0. The molecule has 2 aromatic rings. The third-order valence-corrected chi connectivity index (χ3v) is 4.71. The quantitative estimate of drug-likeness (QED) is 0.794. The fraction of sp³-hybridized carbons (Fsp3) is 0.357. The molecule has 1 aliphatic carbocycles. The molecule has 1 aliphatic rings. The van der Waals surface area contributed by atoms with Crippen LogP contribution in [-0.2, 0) is 12.6 Å². The van der Waals surface area contributed by atoms with E-state index in [0.717, 1.165) is 41.6 Å². The lowest BCUT2D eigenvalue weighted by molar-refractivity contribution is -0.137. The lowest BCUT2D eigenvalue weighted by atomic mass is 9.85. The molecule has 0 saturated heterocycles. The zero-order valence-corrected chi connectivity index (χ0v) is 11.7. The van der Waals surface area contributed by atoms with Crippen molar-refractivity contribution >= 4 is 16.5 Å². The van der Waals surface area contributed by atoms with E-state index in [1.807, 2.05) is 0 Å². The number of halogens is 4. The number of hydrogen-bond donors (Lipinski definition) is 1. The second-order valence-corrected chi connectivity index (χ2v) is 6.10. The molecule has 0 bridgehead atoms. The van der Waals surface area contributed by atoms with Crippen LogP contribution in [0.15, 0.2) is 18.2 Å². The van der Waals surface area contributed by atoms with Gasteiger partial charge in [0.1, 0.15) is 5.82 Å². The number of fused-ring (bicyclic) bond motifs is 1. The fourth-order valence-corrected chi connectivity index (χ4v) is 3.76. The average Bonchev–Trinajstić information content (AvgIpc) is 2.78. The van der Waals surface area contributed by atoms with E-state index in [9.17, 15) is 17.6 Å². The molecule has 0 aliphatic heterocycles. The Hall–Kier alpha value is -1.63. The van der Waals surface area contributed by atoms with Crippen molar-refractivity contribution in [1.29, 1.82) is 0 Å². The molecule has 0 fully saturated rings. The summed E-state index contributed by atoms with van der Waals surface area (Å²) in [4.78, 5) is 4.97. The van der Waals surface area contributed by atoms with Crippen LogP contribution in [0.5, 0.6) is 0 Å². The summed E-state index contributed by atoms with van der Waals surface area (Å²) in [6, 6.07) is 2.56. The maximum absolute atomic E-state index is 14.0. The molecular formula is C14H12F4N2S. The van der Waals surface area contributed by atoms with Gasteiger partial charge in [-0.1, -0.05) is 0 Å². The summed E-state index contributed by atoms with van der Waals surface area (Å²) in [5, 5.41) is 0.374. The lowest BCUT2D eigenvalue weighted by Gasteiger charge is -2.23. The Morgan fingerprint density at radius 2 is 2.05 bits per heavy atom. The van der Waals surface area contributed by atoms with Gasteiger partial charge in [-0.15, -0.1) is 11.3 Å². The SMILES string of the molecule is Nc1nc2c(s1)C(c1cc(C(F)(F)F)ccc1F)CCC2. The van der Waals surface area contributed by atoms with E-state index in [0.29, 0.717) is 11.6 Å². The predicted octanol–water partition coefficient (Wildman–Crippen LogP) is 4.35. The number of nitrogens with zero attached hydrogens (tertiary/aromatic N) is 1. The number of alkyl halides is 3. The molecule has 1 aromatic heterocycles. The third kappa shape index (κ3) is 2.62.